The van der Waals surface area contributed by atoms with Crippen molar-refractivity contribution in [1.82, 2.24) is 15.1 Å². The van der Waals surface area contributed by atoms with Crippen molar-refractivity contribution in [2.75, 3.05) is 19.5 Å². The summed E-state index contributed by atoms with van der Waals surface area (Å²) in [6, 6.07) is 11.4. The number of benzene rings is 2. The van der Waals surface area contributed by atoms with Crippen LogP contribution in [0.3, 0.4) is 0 Å². The Labute approximate surface area is 188 Å². The van der Waals surface area contributed by atoms with E-state index in [1.165, 1.54) is 13.3 Å². The third-order valence-electron chi connectivity index (χ3n) is 5.59. The zero-order valence-electron chi connectivity index (χ0n) is 18.0. The number of nitrogens with one attached hydrogen (secondary N) is 2. The number of rotatable bonds is 6. The van der Waals surface area contributed by atoms with Gasteiger partial charge in [-0.2, -0.15) is 18.3 Å². The molecule has 0 bridgehead atoms. The van der Waals surface area contributed by atoms with Crippen LogP contribution in [0.2, 0.25) is 0 Å². The minimum absolute atomic E-state index is 0.0311. The lowest BCUT2D eigenvalue weighted by Crippen LogP contribution is -2.36. The molecule has 2 heterocycles. The molecule has 1 aliphatic heterocycles. The first-order chi connectivity index (χ1) is 15.8. The second-order valence-electron chi connectivity index (χ2n) is 7.65. The number of anilines is 1. The van der Waals surface area contributed by atoms with Crippen molar-refractivity contribution in [2.24, 2.45) is 0 Å². The van der Waals surface area contributed by atoms with Crippen LogP contribution in [0.1, 0.15) is 40.0 Å². The van der Waals surface area contributed by atoms with E-state index in [2.05, 4.69) is 15.7 Å². The second kappa shape index (κ2) is 9.05. The Bertz CT molecular complexity index is 1130. The Morgan fingerprint density at radius 2 is 1.88 bits per heavy atom. The van der Waals surface area contributed by atoms with Crippen molar-refractivity contribution in [3.63, 3.8) is 0 Å². The number of alkyl halides is 3. The first kappa shape index (κ1) is 22.5. The van der Waals surface area contributed by atoms with Gasteiger partial charge in [-0.1, -0.05) is 24.3 Å². The summed E-state index contributed by atoms with van der Waals surface area (Å²) in [4.78, 5) is 12.8. The van der Waals surface area contributed by atoms with Gasteiger partial charge in [0, 0.05) is 13.0 Å². The molecule has 0 unspecified atom stereocenters. The van der Waals surface area contributed by atoms with E-state index in [1.54, 1.807) is 55.6 Å². The minimum atomic E-state index is -4.53. The van der Waals surface area contributed by atoms with Gasteiger partial charge >= 0.3 is 6.18 Å². The summed E-state index contributed by atoms with van der Waals surface area (Å²) >= 11 is 0. The molecule has 0 saturated carbocycles. The van der Waals surface area contributed by atoms with E-state index in [4.69, 9.17) is 9.47 Å². The summed E-state index contributed by atoms with van der Waals surface area (Å²) in [6.07, 6.45) is -3.63. The monoisotopic (exact) mass is 460 g/mol. The summed E-state index contributed by atoms with van der Waals surface area (Å²) in [7, 11) is 3.05. The molecule has 174 valence electrons. The number of aromatic nitrogens is 2. The van der Waals surface area contributed by atoms with Gasteiger partial charge in [-0.05, 0) is 35.4 Å². The highest BCUT2D eigenvalue weighted by molar-refractivity contribution is 5.98. The zero-order valence-corrected chi connectivity index (χ0v) is 18.0. The number of carbonyl (C=O) groups excluding carboxylic acids is 1. The van der Waals surface area contributed by atoms with E-state index in [1.807, 2.05) is 0 Å². The molecule has 0 spiro atoms. The van der Waals surface area contributed by atoms with Crippen LogP contribution >= 0.6 is 0 Å². The first-order valence-corrected chi connectivity index (χ1v) is 10.3. The van der Waals surface area contributed by atoms with E-state index >= 15 is 0 Å². The van der Waals surface area contributed by atoms with Gasteiger partial charge in [0.1, 0.15) is 22.9 Å². The predicted octanol–water partition coefficient (Wildman–Crippen LogP) is 4.49. The molecule has 0 saturated heterocycles. The number of methoxy groups -OCH3 is 2. The maximum absolute atomic E-state index is 13.9. The van der Waals surface area contributed by atoms with Gasteiger partial charge in [-0.25, -0.2) is 4.68 Å². The van der Waals surface area contributed by atoms with Gasteiger partial charge in [-0.3, -0.25) is 4.79 Å². The van der Waals surface area contributed by atoms with E-state index in [0.29, 0.717) is 17.1 Å². The van der Waals surface area contributed by atoms with Gasteiger partial charge in [0.25, 0.3) is 5.91 Å². The van der Waals surface area contributed by atoms with Gasteiger partial charge in [0.15, 0.2) is 6.04 Å². The van der Waals surface area contributed by atoms with Crippen LogP contribution in [0.5, 0.6) is 11.5 Å². The SMILES string of the molecule is COc1ccc(CNC(=O)c2cnn3c2N[C@@H](c2cccc(OC)c2)C[C@@H]3C(F)(F)F)cc1. The van der Waals surface area contributed by atoms with E-state index in [9.17, 15) is 18.0 Å². The Balaban J connectivity index is 1.59. The van der Waals surface area contributed by atoms with Gasteiger partial charge < -0.3 is 20.1 Å². The van der Waals surface area contributed by atoms with Crippen molar-refractivity contribution in [3.05, 3.63) is 71.4 Å². The molecule has 1 aliphatic rings. The maximum atomic E-state index is 13.9. The fraction of sp³-hybridized carbons (Fsp3) is 0.304. The number of carbonyl (C=O) groups is 1. The first-order valence-electron chi connectivity index (χ1n) is 10.3. The van der Waals surface area contributed by atoms with E-state index in [0.717, 1.165) is 10.2 Å². The number of nitrogens with zero attached hydrogens (tertiary/aromatic N) is 2. The topological polar surface area (TPSA) is 77.4 Å². The van der Waals surface area contributed by atoms with Crippen LogP contribution in [-0.4, -0.2) is 36.1 Å². The molecule has 1 aromatic heterocycles. The predicted molar refractivity (Wildman–Crippen MR) is 115 cm³/mol. The lowest BCUT2D eigenvalue weighted by atomic mass is 9.96. The van der Waals surface area contributed by atoms with Crippen LogP contribution < -0.4 is 20.1 Å². The molecule has 7 nitrogen and oxygen atoms in total. The molecule has 33 heavy (non-hydrogen) atoms. The van der Waals surface area contributed by atoms with Gasteiger partial charge in [0.05, 0.1) is 26.5 Å². The molecule has 2 N–H and O–H groups in total. The third-order valence-corrected chi connectivity index (χ3v) is 5.59. The van der Waals surface area contributed by atoms with Crippen molar-refractivity contribution in [3.8, 4) is 11.5 Å². The molecule has 10 heteroatoms. The fourth-order valence-corrected chi connectivity index (χ4v) is 3.83. The van der Waals surface area contributed by atoms with Crippen molar-refractivity contribution in [1.29, 1.82) is 0 Å². The van der Waals surface area contributed by atoms with Crippen LogP contribution in [0.4, 0.5) is 19.0 Å². The van der Waals surface area contributed by atoms with Crippen LogP contribution in [0.25, 0.3) is 0 Å². The number of amides is 1. The summed E-state index contributed by atoms with van der Waals surface area (Å²) in [5.74, 6) is 0.728. The number of hydrogen-bond donors (Lipinski definition) is 2. The van der Waals surface area contributed by atoms with Crippen LogP contribution in [0.15, 0.2) is 54.7 Å². The Morgan fingerprint density at radius 1 is 1.15 bits per heavy atom. The Kier molecular flexibility index (Phi) is 6.17. The van der Waals surface area contributed by atoms with Crippen molar-refractivity contribution >= 4 is 11.7 Å². The average molecular weight is 460 g/mol. The second-order valence-corrected chi connectivity index (χ2v) is 7.65. The maximum Gasteiger partial charge on any atom is 0.410 e. The molecule has 2 atom stereocenters. The minimum Gasteiger partial charge on any atom is -0.497 e. The number of hydrogen-bond acceptors (Lipinski definition) is 5. The number of ether oxygens (including phenoxy) is 2. The number of halogens is 3. The molecule has 0 aliphatic carbocycles. The summed E-state index contributed by atoms with van der Waals surface area (Å²) in [6.45, 7) is 0.204. The van der Waals surface area contributed by atoms with Crippen LogP contribution in [0, 0.1) is 0 Å². The molecular weight excluding hydrogens is 437 g/mol. The third kappa shape index (κ3) is 4.74. The van der Waals surface area contributed by atoms with E-state index < -0.39 is 24.2 Å². The fourth-order valence-electron chi connectivity index (χ4n) is 3.83. The molecule has 4 rings (SSSR count). The quantitative estimate of drug-likeness (QED) is 0.567. The standard InChI is InChI=1S/C23H23F3N4O3/c1-32-16-8-6-14(7-9-16)12-27-22(31)18-13-28-30-20(23(24,25)26)11-19(29-21(18)30)15-4-3-5-17(10-15)33-2/h3-10,13,19-20,29H,11-12H2,1-2H3,(H,27,31)/t19-,20-/m1/s1. The van der Waals surface area contributed by atoms with Crippen molar-refractivity contribution in [2.45, 2.75) is 31.2 Å². The van der Waals surface area contributed by atoms with E-state index in [-0.39, 0.29) is 24.3 Å². The highest BCUT2D eigenvalue weighted by Gasteiger charge is 2.47. The highest BCUT2D eigenvalue weighted by atomic mass is 19.4. The van der Waals surface area contributed by atoms with Crippen LogP contribution in [-0.2, 0) is 6.54 Å². The Hall–Kier alpha value is -3.69. The summed E-state index contributed by atoms with van der Waals surface area (Å²) in [5, 5.41) is 9.72. The van der Waals surface area contributed by atoms with Gasteiger partial charge in [0.2, 0.25) is 0 Å². The lowest BCUT2D eigenvalue weighted by molar-refractivity contribution is -0.173. The summed E-state index contributed by atoms with van der Waals surface area (Å²) < 4.78 is 52.8. The molecule has 0 fully saturated rings. The Morgan fingerprint density at radius 3 is 2.55 bits per heavy atom. The molecule has 3 aromatic rings. The van der Waals surface area contributed by atoms with Gasteiger partial charge in [-0.15, -0.1) is 0 Å². The number of fused-ring (bicyclic) bond motifs is 1. The molecule has 0 radical (unpaired) electrons. The lowest BCUT2D eigenvalue weighted by Gasteiger charge is -2.34. The molecular formula is C23H23F3N4O3. The van der Waals surface area contributed by atoms with Crippen molar-refractivity contribution < 1.29 is 27.4 Å². The smallest absolute Gasteiger partial charge is 0.410 e. The largest absolute Gasteiger partial charge is 0.497 e. The zero-order chi connectivity index (χ0) is 23.6. The normalized spacial score (nSPS) is 17.6. The highest BCUT2D eigenvalue weighted by Crippen LogP contribution is 2.44. The average Bonchev–Trinajstić information content (AvgIpc) is 3.25. The summed E-state index contributed by atoms with van der Waals surface area (Å²) in [5.41, 5.74) is 1.49. The molecule has 1 amide bonds. The molecule has 2 aromatic carbocycles.